The van der Waals surface area contributed by atoms with E-state index >= 15 is 0 Å². The van der Waals surface area contributed by atoms with Gasteiger partial charge in [-0.1, -0.05) is 19.3 Å². The van der Waals surface area contributed by atoms with E-state index in [9.17, 15) is 4.79 Å². The fourth-order valence-corrected chi connectivity index (χ4v) is 3.94. The number of amides is 1. The van der Waals surface area contributed by atoms with Crippen LogP contribution in [0.1, 0.15) is 32.1 Å². The first-order valence-corrected chi connectivity index (χ1v) is 10.2. The van der Waals surface area contributed by atoms with Crippen LogP contribution < -0.4 is 16.0 Å². The number of methoxy groups -OCH3 is 1. The van der Waals surface area contributed by atoms with Gasteiger partial charge >= 0.3 is 0 Å². The van der Waals surface area contributed by atoms with E-state index in [1.807, 2.05) is 0 Å². The van der Waals surface area contributed by atoms with Gasteiger partial charge in [0, 0.05) is 52.3 Å². The fourth-order valence-electron chi connectivity index (χ4n) is 3.94. The van der Waals surface area contributed by atoms with Gasteiger partial charge in [-0.25, -0.2) is 0 Å². The molecule has 0 bridgehead atoms. The summed E-state index contributed by atoms with van der Waals surface area (Å²) in [6.07, 6.45) is 6.40. The number of nitrogens with one attached hydrogen (secondary N) is 3. The molecule has 0 aromatic rings. The van der Waals surface area contributed by atoms with Gasteiger partial charge in [0.15, 0.2) is 5.96 Å². The summed E-state index contributed by atoms with van der Waals surface area (Å²) in [6, 6.07) is 0. The normalized spacial score (nSPS) is 20.1. The Morgan fingerprint density at radius 3 is 2.50 bits per heavy atom. The summed E-state index contributed by atoms with van der Waals surface area (Å²) >= 11 is 0. The maximum absolute atomic E-state index is 11.8. The first-order valence-electron chi connectivity index (χ1n) is 10.2. The molecule has 0 unspecified atom stereocenters. The highest BCUT2D eigenvalue weighted by Gasteiger charge is 2.34. The van der Waals surface area contributed by atoms with Crippen molar-refractivity contribution in [2.75, 3.05) is 73.2 Å². The molecule has 0 aromatic carbocycles. The highest BCUT2D eigenvalue weighted by Crippen LogP contribution is 2.36. The highest BCUT2D eigenvalue weighted by molar-refractivity contribution is 14.0. The summed E-state index contributed by atoms with van der Waals surface area (Å²) in [5.74, 6) is 0.625. The monoisotopic (exact) mass is 511 g/mol. The fraction of sp³-hybridized carbons (Fsp3) is 0.895. The van der Waals surface area contributed by atoms with Crippen molar-refractivity contribution in [1.82, 2.24) is 20.9 Å². The molecule has 9 heteroatoms. The molecule has 164 valence electrons. The van der Waals surface area contributed by atoms with Crippen molar-refractivity contribution in [2.24, 2.45) is 10.4 Å². The Morgan fingerprint density at radius 1 is 1.14 bits per heavy atom. The number of nitrogens with zero attached hydrogens (tertiary/aromatic N) is 2. The van der Waals surface area contributed by atoms with E-state index in [1.165, 1.54) is 32.1 Å². The molecule has 28 heavy (non-hydrogen) atoms. The number of aliphatic imine (C=N–C) groups is 1. The molecule has 1 saturated carbocycles. The first-order chi connectivity index (χ1) is 13.2. The first kappa shape index (κ1) is 25.4. The second kappa shape index (κ2) is 14.4. The van der Waals surface area contributed by atoms with Crippen LogP contribution in [0.25, 0.3) is 0 Å². The molecule has 1 heterocycles. The van der Waals surface area contributed by atoms with Crippen LogP contribution in [0.15, 0.2) is 4.99 Å². The zero-order valence-corrected chi connectivity index (χ0v) is 19.8. The quantitative estimate of drug-likeness (QED) is 0.184. The van der Waals surface area contributed by atoms with Crippen LogP contribution in [-0.2, 0) is 14.3 Å². The van der Waals surface area contributed by atoms with E-state index in [1.54, 1.807) is 14.2 Å². The standard InChI is InChI=1S/C19H37N5O3.HI/c1-20-18(22-14-17(25)21-8-11-26-2)23-15-19(6-4-3-5-7-19)16-24-9-12-27-13-10-24;/h3-16H2,1-2H3,(H,21,25)(H2,20,22,23);1H. The Labute approximate surface area is 186 Å². The lowest BCUT2D eigenvalue weighted by Crippen LogP contribution is -2.52. The van der Waals surface area contributed by atoms with E-state index in [0.29, 0.717) is 19.1 Å². The number of guanidine groups is 1. The molecule has 1 amide bonds. The Hall–Kier alpha value is -0.650. The molecule has 1 aliphatic heterocycles. The zero-order chi connectivity index (χ0) is 19.4. The minimum absolute atomic E-state index is 0. The van der Waals surface area contributed by atoms with Crippen molar-refractivity contribution in [3.63, 3.8) is 0 Å². The molecule has 3 N–H and O–H groups in total. The lowest BCUT2D eigenvalue weighted by Gasteiger charge is -2.42. The Morgan fingerprint density at radius 2 is 1.86 bits per heavy atom. The minimum Gasteiger partial charge on any atom is -0.383 e. The van der Waals surface area contributed by atoms with Crippen LogP contribution in [0.5, 0.6) is 0 Å². The summed E-state index contributed by atoms with van der Waals surface area (Å²) in [5.41, 5.74) is 0.272. The lowest BCUT2D eigenvalue weighted by molar-refractivity contribution is -0.120. The molecule has 1 aliphatic carbocycles. The molecule has 2 fully saturated rings. The predicted molar refractivity (Wildman–Crippen MR) is 122 cm³/mol. The predicted octanol–water partition coefficient (Wildman–Crippen LogP) is 0.815. The second-order valence-electron chi connectivity index (χ2n) is 7.57. The number of morpholine rings is 1. The Balaban J connectivity index is 0.00000392. The molecule has 0 atom stereocenters. The Kier molecular flexibility index (Phi) is 13.0. The number of carbonyl (C=O) groups excluding carboxylic acids is 1. The van der Waals surface area contributed by atoms with Crippen LogP contribution in [0.3, 0.4) is 0 Å². The van der Waals surface area contributed by atoms with Gasteiger partial charge in [0.25, 0.3) is 0 Å². The smallest absolute Gasteiger partial charge is 0.239 e. The molecule has 0 spiro atoms. The number of halogens is 1. The van der Waals surface area contributed by atoms with Crippen molar-refractivity contribution >= 4 is 35.8 Å². The third-order valence-electron chi connectivity index (χ3n) is 5.48. The van der Waals surface area contributed by atoms with E-state index in [0.717, 1.165) is 39.4 Å². The maximum Gasteiger partial charge on any atom is 0.239 e. The molecular weight excluding hydrogens is 473 g/mol. The SMILES string of the molecule is CN=C(NCC(=O)NCCOC)NCC1(CN2CCOCC2)CCCCC1.I. The van der Waals surface area contributed by atoms with Gasteiger partial charge in [0.2, 0.25) is 5.91 Å². The van der Waals surface area contributed by atoms with E-state index in [4.69, 9.17) is 9.47 Å². The number of hydrogen-bond acceptors (Lipinski definition) is 5. The van der Waals surface area contributed by atoms with E-state index < -0.39 is 0 Å². The molecule has 2 aliphatic rings. The van der Waals surface area contributed by atoms with Crippen LogP contribution in [-0.4, -0.2) is 90.0 Å². The lowest BCUT2D eigenvalue weighted by atomic mass is 9.73. The summed E-state index contributed by atoms with van der Waals surface area (Å²) in [5, 5.41) is 9.38. The number of hydrogen-bond donors (Lipinski definition) is 3. The van der Waals surface area contributed by atoms with E-state index in [2.05, 4.69) is 25.8 Å². The number of carbonyl (C=O) groups is 1. The van der Waals surface area contributed by atoms with Crippen LogP contribution in [0, 0.1) is 5.41 Å². The van der Waals surface area contributed by atoms with Gasteiger partial charge in [-0.2, -0.15) is 0 Å². The van der Waals surface area contributed by atoms with Gasteiger partial charge in [-0.3, -0.25) is 14.7 Å². The minimum atomic E-state index is -0.0595. The largest absolute Gasteiger partial charge is 0.383 e. The third kappa shape index (κ3) is 9.23. The van der Waals surface area contributed by atoms with Crippen molar-refractivity contribution in [2.45, 2.75) is 32.1 Å². The molecule has 1 saturated heterocycles. The summed E-state index contributed by atoms with van der Waals surface area (Å²) in [7, 11) is 3.36. The van der Waals surface area contributed by atoms with Crippen molar-refractivity contribution in [3.05, 3.63) is 0 Å². The van der Waals surface area contributed by atoms with Crippen LogP contribution in [0.4, 0.5) is 0 Å². The highest BCUT2D eigenvalue weighted by atomic mass is 127. The van der Waals surface area contributed by atoms with Gasteiger partial charge < -0.3 is 25.4 Å². The average molecular weight is 511 g/mol. The second-order valence-corrected chi connectivity index (χ2v) is 7.57. The summed E-state index contributed by atoms with van der Waals surface area (Å²) < 4.78 is 10.4. The van der Waals surface area contributed by atoms with Gasteiger partial charge in [-0.15, -0.1) is 24.0 Å². The van der Waals surface area contributed by atoms with Gasteiger partial charge in [0.1, 0.15) is 0 Å². The van der Waals surface area contributed by atoms with Crippen molar-refractivity contribution < 1.29 is 14.3 Å². The molecular formula is C19H38IN5O3. The number of rotatable bonds is 9. The summed E-state index contributed by atoms with van der Waals surface area (Å²) in [4.78, 5) is 18.7. The van der Waals surface area contributed by atoms with Crippen LogP contribution in [0.2, 0.25) is 0 Å². The van der Waals surface area contributed by atoms with E-state index in [-0.39, 0.29) is 41.8 Å². The van der Waals surface area contributed by atoms with Crippen molar-refractivity contribution in [3.8, 4) is 0 Å². The van der Waals surface area contributed by atoms with Crippen molar-refractivity contribution in [1.29, 1.82) is 0 Å². The number of ether oxygens (including phenoxy) is 2. The molecule has 2 rings (SSSR count). The Bertz CT molecular complexity index is 466. The molecule has 8 nitrogen and oxygen atoms in total. The van der Waals surface area contributed by atoms with Crippen LogP contribution >= 0.6 is 24.0 Å². The maximum atomic E-state index is 11.8. The van der Waals surface area contributed by atoms with Gasteiger partial charge in [-0.05, 0) is 12.8 Å². The average Bonchev–Trinajstić information content (AvgIpc) is 2.70. The topological polar surface area (TPSA) is 87.2 Å². The zero-order valence-electron chi connectivity index (χ0n) is 17.4. The summed E-state index contributed by atoms with van der Waals surface area (Å²) in [6.45, 7) is 6.96. The molecule has 0 aromatic heterocycles. The van der Waals surface area contributed by atoms with Gasteiger partial charge in [0.05, 0.1) is 26.4 Å². The molecule has 0 radical (unpaired) electrons. The third-order valence-corrected chi connectivity index (χ3v) is 5.48.